The number of nitrogens with zero attached hydrogens (tertiary/aromatic N) is 4. The van der Waals surface area contributed by atoms with E-state index < -0.39 is 10.0 Å². The Balaban J connectivity index is 1.30. The molecule has 0 spiro atoms. The highest BCUT2D eigenvalue weighted by Crippen LogP contribution is 2.18. The Hall–Kier alpha value is -2.91. The van der Waals surface area contributed by atoms with Crippen LogP contribution in [0.15, 0.2) is 64.3 Å². The average molecular weight is 442 g/mol. The summed E-state index contributed by atoms with van der Waals surface area (Å²) in [6.45, 7) is 2.78. The van der Waals surface area contributed by atoms with E-state index in [2.05, 4.69) is 62.8 Å². The fourth-order valence-corrected chi connectivity index (χ4v) is 5.34. The number of benzene rings is 2. The highest BCUT2D eigenvalue weighted by atomic mass is 32.2. The maximum atomic E-state index is 12.6. The van der Waals surface area contributed by atoms with E-state index in [1.165, 1.54) is 26.9 Å². The van der Waals surface area contributed by atoms with E-state index in [0.29, 0.717) is 31.9 Å². The van der Waals surface area contributed by atoms with Gasteiger partial charge in [0.25, 0.3) is 0 Å². The van der Waals surface area contributed by atoms with Gasteiger partial charge >= 0.3 is 0 Å². The highest BCUT2D eigenvalue weighted by molar-refractivity contribution is 7.88. The molecule has 164 valence electrons. The van der Waals surface area contributed by atoms with E-state index in [1.54, 1.807) is 13.1 Å². The second kappa shape index (κ2) is 9.49. The molecule has 1 saturated heterocycles. The van der Waals surface area contributed by atoms with Crippen molar-refractivity contribution < 1.29 is 12.9 Å². The van der Waals surface area contributed by atoms with Crippen molar-refractivity contribution in [1.29, 1.82) is 0 Å². The standard InChI is InChI=1S/C22H27N5O3S/c1-23-22(24-11-9-19-7-4-6-18-5-2-3-8-21(18)19)26-12-14-27(15-13-26)31(28,29)17-20-10-16-30-25-20/h2-8,10,16H,9,11-15,17H2,1H3,(H,23,24). The van der Waals surface area contributed by atoms with Crippen LogP contribution < -0.4 is 5.32 Å². The van der Waals surface area contributed by atoms with Crippen molar-refractivity contribution >= 4 is 26.8 Å². The summed E-state index contributed by atoms with van der Waals surface area (Å²) in [6, 6.07) is 16.3. The van der Waals surface area contributed by atoms with Crippen LogP contribution in [0.3, 0.4) is 0 Å². The van der Waals surface area contributed by atoms with Gasteiger partial charge in [0.05, 0.1) is 5.69 Å². The Morgan fingerprint density at radius 1 is 1.10 bits per heavy atom. The molecular weight excluding hydrogens is 414 g/mol. The molecule has 9 heteroatoms. The summed E-state index contributed by atoms with van der Waals surface area (Å²) < 4.78 is 31.5. The van der Waals surface area contributed by atoms with E-state index in [1.807, 2.05) is 0 Å². The van der Waals surface area contributed by atoms with Crippen molar-refractivity contribution in [1.82, 2.24) is 19.7 Å². The van der Waals surface area contributed by atoms with Crippen LogP contribution in [0.4, 0.5) is 0 Å². The lowest BCUT2D eigenvalue weighted by Gasteiger charge is -2.35. The van der Waals surface area contributed by atoms with E-state index in [9.17, 15) is 8.42 Å². The lowest BCUT2D eigenvalue weighted by molar-refractivity contribution is 0.260. The second-order valence-electron chi connectivity index (χ2n) is 7.50. The second-order valence-corrected chi connectivity index (χ2v) is 9.46. The lowest BCUT2D eigenvalue weighted by atomic mass is 10.0. The van der Waals surface area contributed by atoms with E-state index in [0.717, 1.165) is 18.9 Å². The lowest BCUT2D eigenvalue weighted by Crippen LogP contribution is -2.54. The topological polar surface area (TPSA) is 91.0 Å². The maximum Gasteiger partial charge on any atom is 0.220 e. The van der Waals surface area contributed by atoms with Gasteiger partial charge in [0.15, 0.2) is 5.96 Å². The summed E-state index contributed by atoms with van der Waals surface area (Å²) in [7, 11) is -1.65. The van der Waals surface area contributed by atoms with Gasteiger partial charge in [-0.3, -0.25) is 4.99 Å². The van der Waals surface area contributed by atoms with E-state index >= 15 is 0 Å². The number of nitrogens with one attached hydrogen (secondary N) is 1. The summed E-state index contributed by atoms with van der Waals surface area (Å²) >= 11 is 0. The first-order valence-electron chi connectivity index (χ1n) is 10.4. The minimum absolute atomic E-state index is 0.137. The number of guanidine groups is 1. The molecule has 1 aliphatic rings. The van der Waals surface area contributed by atoms with Crippen molar-refractivity contribution in [2.75, 3.05) is 39.8 Å². The Bertz CT molecular complexity index is 1130. The van der Waals surface area contributed by atoms with Crippen molar-refractivity contribution in [3.05, 3.63) is 66.1 Å². The van der Waals surface area contributed by atoms with Crippen LogP contribution in [0, 0.1) is 0 Å². The molecule has 0 aliphatic carbocycles. The van der Waals surface area contributed by atoms with Crippen LogP contribution >= 0.6 is 0 Å². The molecular formula is C22H27N5O3S. The zero-order valence-corrected chi connectivity index (χ0v) is 18.4. The number of piperazine rings is 1. The van der Waals surface area contributed by atoms with Gasteiger partial charge in [-0.1, -0.05) is 47.6 Å². The van der Waals surface area contributed by atoms with Gasteiger partial charge in [0.2, 0.25) is 10.0 Å². The van der Waals surface area contributed by atoms with Crippen LogP contribution in [-0.4, -0.2) is 68.5 Å². The minimum Gasteiger partial charge on any atom is -0.364 e. The molecule has 1 aliphatic heterocycles. The molecule has 0 unspecified atom stereocenters. The number of sulfonamides is 1. The quantitative estimate of drug-likeness (QED) is 0.465. The van der Waals surface area contributed by atoms with Gasteiger partial charge in [0.1, 0.15) is 12.0 Å². The Kier molecular flexibility index (Phi) is 6.53. The zero-order chi connectivity index (χ0) is 21.7. The van der Waals surface area contributed by atoms with Gasteiger partial charge < -0.3 is 14.7 Å². The maximum absolute atomic E-state index is 12.6. The molecule has 2 heterocycles. The monoisotopic (exact) mass is 441 g/mol. The van der Waals surface area contributed by atoms with Crippen LogP contribution in [0.1, 0.15) is 11.3 Å². The van der Waals surface area contributed by atoms with Crippen molar-refractivity contribution in [2.24, 2.45) is 4.99 Å². The minimum atomic E-state index is -3.41. The third-order valence-corrected chi connectivity index (χ3v) is 7.33. The summed E-state index contributed by atoms with van der Waals surface area (Å²) in [5.41, 5.74) is 1.72. The zero-order valence-electron chi connectivity index (χ0n) is 17.6. The van der Waals surface area contributed by atoms with Crippen LogP contribution in [0.25, 0.3) is 10.8 Å². The molecule has 0 amide bonds. The van der Waals surface area contributed by atoms with E-state index in [4.69, 9.17) is 4.52 Å². The number of aromatic nitrogens is 1. The van der Waals surface area contributed by atoms with Gasteiger partial charge in [-0.05, 0) is 22.8 Å². The fourth-order valence-electron chi connectivity index (χ4n) is 3.92. The van der Waals surface area contributed by atoms with Crippen LogP contribution in [-0.2, 0) is 22.2 Å². The van der Waals surface area contributed by atoms with Gasteiger partial charge in [0, 0.05) is 45.8 Å². The van der Waals surface area contributed by atoms with Gasteiger partial charge in [-0.2, -0.15) is 4.31 Å². The number of aliphatic imine (C=N–C) groups is 1. The SMILES string of the molecule is CN=C(NCCc1cccc2ccccc12)N1CCN(S(=O)(=O)Cc2ccon2)CC1. The highest BCUT2D eigenvalue weighted by Gasteiger charge is 2.28. The molecule has 0 atom stereocenters. The van der Waals surface area contributed by atoms with Crippen LogP contribution in [0.2, 0.25) is 0 Å². The first kappa shape index (κ1) is 21.3. The molecule has 1 aromatic heterocycles. The molecule has 1 N–H and O–H groups in total. The van der Waals surface area contributed by atoms with E-state index in [-0.39, 0.29) is 5.75 Å². The number of fused-ring (bicyclic) bond motifs is 1. The third-order valence-electron chi connectivity index (χ3n) is 5.52. The summed E-state index contributed by atoms with van der Waals surface area (Å²) in [5.74, 6) is 0.662. The van der Waals surface area contributed by atoms with Crippen molar-refractivity contribution in [2.45, 2.75) is 12.2 Å². The molecule has 2 aromatic carbocycles. The average Bonchev–Trinajstić information content (AvgIpc) is 3.29. The summed E-state index contributed by atoms with van der Waals surface area (Å²) in [4.78, 5) is 6.50. The first-order valence-corrected chi connectivity index (χ1v) is 12.0. The van der Waals surface area contributed by atoms with Crippen molar-refractivity contribution in [3.63, 3.8) is 0 Å². The smallest absolute Gasteiger partial charge is 0.220 e. The Labute approximate surface area is 182 Å². The summed E-state index contributed by atoms with van der Waals surface area (Å²) in [6.07, 6.45) is 2.27. The largest absolute Gasteiger partial charge is 0.364 e. The van der Waals surface area contributed by atoms with Gasteiger partial charge in [-0.25, -0.2) is 8.42 Å². The third kappa shape index (κ3) is 5.05. The molecule has 3 aromatic rings. The fraction of sp³-hybridized carbons (Fsp3) is 0.364. The molecule has 31 heavy (non-hydrogen) atoms. The normalized spacial score (nSPS) is 16.0. The molecule has 0 radical (unpaired) electrons. The molecule has 0 saturated carbocycles. The predicted molar refractivity (Wildman–Crippen MR) is 121 cm³/mol. The summed E-state index contributed by atoms with van der Waals surface area (Å²) in [5, 5.41) is 9.65. The molecule has 1 fully saturated rings. The Morgan fingerprint density at radius 2 is 1.87 bits per heavy atom. The molecule has 4 rings (SSSR count). The Morgan fingerprint density at radius 3 is 2.61 bits per heavy atom. The van der Waals surface area contributed by atoms with Crippen molar-refractivity contribution in [3.8, 4) is 0 Å². The number of rotatable bonds is 6. The number of hydrogen-bond donors (Lipinski definition) is 1. The van der Waals surface area contributed by atoms with Crippen LogP contribution in [0.5, 0.6) is 0 Å². The molecule has 8 nitrogen and oxygen atoms in total. The predicted octanol–water partition coefficient (Wildman–Crippen LogP) is 2.09. The molecule has 0 bridgehead atoms. The van der Waals surface area contributed by atoms with Gasteiger partial charge in [-0.15, -0.1) is 0 Å². The number of hydrogen-bond acceptors (Lipinski definition) is 5. The first-order chi connectivity index (χ1) is 15.1.